The number of hydrogen-bond donors (Lipinski definition) is 0. The van der Waals surface area contributed by atoms with Gasteiger partial charge in [0, 0.05) is 10.2 Å². The van der Waals surface area contributed by atoms with Gasteiger partial charge in [-0.25, -0.2) is 4.68 Å². The molecule has 0 amide bonds. The monoisotopic (exact) mass is 442 g/mol. The van der Waals surface area contributed by atoms with Crippen molar-refractivity contribution in [1.29, 1.82) is 0 Å². The number of hydrogen-bond acceptors (Lipinski definition) is 3. The van der Waals surface area contributed by atoms with Crippen molar-refractivity contribution in [2.75, 3.05) is 6.61 Å². The zero-order valence-corrected chi connectivity index (χ0v) is 17.1. The molecule has 0 bridgehead atoms. The summed E-state index contributed by atoms with van der Waals surface area (Å²) >= 11 is 6.90. The van der Waals surface area contributed by atoms with Gasteiger partial charge in [0.15, 0.2) is 6.61 Å². The number of aromatic nitrogens is 2. The van der Waals surface area contributed by atoms with E-state index in [1.807, 2.05) is 32.9 Å². The molecule has 0 atom stereocenters. The molecule has 0 aliphatic rings. The number of rotatable bonds is 4. The molecule has 0 saturated heterocycles. The van der Waals surface area contributed by atoms with Crippen molar-refractivity contribution in [3.8, 4) is 5.75 Å². The van der Waals surface area contributed by atoms with Crippen molar-refractivity contribution in [3.63, 3.8) is 0 Å². The molecular weight excluding hydrogens is 424 g/mol. The van der Waals surface area contributed by atoms with Crippen LogP contribution in [0.15, 0.2) is 21.1 Å². The van der Waals surface area contributed by atoms with E-state index in [9.17, 15) is 4.79 Å². The lowest BCUT2D eigenvalue weighted by molar-refractivity contribution is 0.0817. The fourth-order valence-electron chi connectivity index (χ4n) is 2.80. The van der Waals surface area contributed by atoms with Crippen molar-refractivity contribution in [2.45, 2.75) is 40.5 Å². The largest absolute Gasteiger partial charge is 0.482 e. The number of halogens is 2. The SMILES string of the molecule is Cc1cc(Br)cc(Br)c1OCC(=O)n1nc(C)c(C(C)C)c1C. The van der Waals surface area contributed by atoms with E-state index >= 15 is 0 Å². The zero-order valence-electron chi connectivity index (χ0n) is 13.9. The summed E-state index contributed by atoms with van der Waals surface area (Å²) in [4.78, 5) is 12.5. The van der Waals surface area contributed by atoms with Gasteiger partial charge in [-0.2, -0.15) is 5.10 Å². The molecular formula is C17H20Br2N2O2. The fraction of sp³-hybridized carbons (Fsp3) is 0.412. The summed E-state index contributed by atoms with van der Waals surface area (Å²) in [6, 6.07) is 3.84. The van der Waals surface area contributed by atoms with E-state index in [0.29, 0.717) is 11.7 Å². The number of ether oxygens (including phenoxy) is 1. The van der Waals surface area contributed by atoms with Gasteiger partial charge in [0.2, 0.25) is 0 Å². The minimum Gasteiger partial charge on any atom is -0.482 e. The molecule has 0 fully saturated rings. The molecule has 0 radical (unpaired) electrons. The van der Waals surface area contributed by atoms with Gasteiger partial charge in [0.05, 0.1) is 10.2 Å². The first-order chi connectivity index (χ1) is 10.7. The van der Waals surface area contributed by atoms with E-state index in [0.717, 1.165) is 31.5 Å². The van der Waals surface area contributed by atoms with Crippen LogP contribution in [-0.4, -0.2) is 22.3 Å². The topological polar surface area (TPSA) is 44.1 Å². The summed E-state index contributed by atoms with van der Waals surface area (Å²) in [6.07, 6.45) is 0. The Hall–Kier alpha value is -1.14. The van der Waals surface area contributed by atoms with Gasteiger partial charge >= 0.3 is 0 Å². The molecule has 0 aliphatic heterocycles. The third-order valence-electron chi connectivity index (χ3n) is 3.69. The molecule has 2 aromatic rings. The molecule has 1 aromatic carbocycles. The number of aryl methyl sites for hydroxylation is 2. The van der Waals surface area contributed by atoms with Crippen LogP contribution < -0.4 is 4.74 Å². The molecule has 0 aliphatic carbocycles. The predicted molar refractivity (Wildman–Crippen MR) is 98.5 cm³/mol. The van der Waals surface area contributed by atoms with Crippen molar-refractivity contribution >= 4 is 37.8 Å². The molecule has 1 aromatic heterocycles. The maximum Gasteiger partial charge on any atom is 0.284 e. The fourth-order valence-corrected chi connectivity index (χ4v) is 4.35. The van der Waals surface area contributed by atoms with Crippen molar-refractivity contribution in [2.24, 2.45) is 0 Å². The summed E-state index contributed by atoms with van der Waals surface area (Å²) in [6.45, 7) is 9.95. The minimum atomic E-state index is -0.174. The quantitative estimate of drug-likeness (QED) is 0.654. The highest BCUT2D eigenvalue weighted by molar-refractivity contribution is 9.11. The highest BCUT2D eigenvalue weighted by atomic mass is 79.9. The lowest BCUT2D eigenvalue weighted by atomic mass is 10.0. The summed E-state index contributed by atoms with van der Waals surface area (Å²) in [7, 11) is 0. The molecule has 124 valence electrons. The molecule has 23 heavy (non-hydrogen) atoms. The number of nitrogens with zero attached hydrogens (tertiary/aromatic N) is 2. The highest BCUT2D eigenvalue weighted by Gasteiger charge is 2.19. The Labute approximate surface area is 153 Å². The van der Waals surface area contributed by atoms with E-state index in [2.05, 4.69) is 50.8 Å². The minimum absolute atomic E-state index is 0.0550. The second-order valence-electron chi connectivity index (χ2n) is 5.87. The summed E-state index contributed by atoms with van der Waals surface area (Å²) in [5, 5.41) is 4.37. The van der Waals surface area contributed by atoms with Gasteiger partial charge in [-0.05, 0) is 65.9 Å². The summed E-state index contributed by atoms with van der Waals surface area (Å²) in [5.74, 6) is 0.833. The van der Waals surface area contributed by atoms with Gasteiger partial charge in [0.25, 0.3) is 5.91 Å². The first kappa shape index (κ1) is 18.2. The molecule has 2 rings (SSSR count). The van der Waals surface area contributed by atoms with Crippen LogP contribution in [0.2, 0.25) is 0 Å². The van der Waals surface area contributed by atoms with Crippen molar-refractivity contribution in [3.05, 3.63) is 43.6 Å². The van der Waals surface area contributed by atoms with E-state index in [1.54, 1.807) is 0 Å². The first-order valence-electron chi connectivity index (χ1n) is 7.40. The molecule has 1 heterocycles. The average molecular weight is 444 g/mol. The van der Waals surface area contributed by atoms with E-state index < -0.39 is 0 Å². The third-order valence-corrected chi connectivity index (χ3v) is 4.74. The van der Waals surface area contributed by atoms with Crippen LogP contribution in [0.4, 0.5) is 0 Å². The number of carbonyl (C=O) groups excluding carboxylic acids is 1. The van der Waals surface area contributed by atoms with E-state index in [-0.39, 0.29) is 12.5 Å². The zero-order chi connectivity index (χ0) is 17.3. The van der Waals surface area contributed by atoms with E-state index in [4.69, 9.17) is 4.74 Å². The molecule has 0 unspecified atom stereocenters. The second-order valence-corrected chi connectivity index (χ2v) is 7.64. The maximum atomic E-state index is 12.5. The number of benzene rings is 1. The Morgan fingerprint density at radius 1 is 1.26 bits per heavy atom. The Morgan fingerprint density at radius 3 is 2.43 bits per heavy atom. The first-order valence-corrected chi connectivity index (χ1v) is 8.98. The van der Waals surface area contributed by atoms with Crippen LogP contribution in [0, 0.1) is 20.8 Å². The van der Waals surface area contributed by atoms with Crippen LogP contribution in [0.1, 0.15) is 47.1 Å². The lowest BCUT2D eigenvalue weighted by Gasteiger charge is -2.12. The molecule has 0 spiro atoms. The van der Waals surface area contributed by atoms with E-state index in [1.165, 1.54) is 4.68 Å². The average Bonchev–Trinajstić information content (AvgIpc) is 2.72. The highest BCUT2D eigenvalue weighted by Crippen LogP contribution is 2.32. The van der Waals surface area contributed by atoms with Crippen LogP contribution in [0.25, 0.3) is 0 Å². The van der Waals surface area contributed by atoms with Gasteiger partial charge in [-0.15, -0.1) is 0 Å². The van der Waals surface area contributed by atoms with Crippen molar-refractivity contribution in [1.82, 2.24) is 9.78 Å². The Balaban J connectivity index is 2.20. The van der Waals surface area contributed by atoms with Crippen LogP contribution in [-0.2, 0) is 0 Å². The molecule has 0 saturated carbocycles. The van der Waals surface area contributed by atoms with Crippen LogP contribution in [0.5, 0.6) is 5.75 Å². The second kappa shape index (κ2) is 7.18. The predicted octanol–water partition coefficient (Wildman–Crippen LogP) is 5.18. The summed E-state index contributed by atoms with van der Waals surface area (Å²) in [5.41, 5.74) is 3.86. The van der Waals surface area contributed by atoms with Gasteiger partial charge in [-0.3, -0.25) is 4.79 Å². The Kier molecular flexibility index (Phi) is 5.68. The van der Waals surface area contributed by atoms with Crippen LogP contribution in [0.3, 0.4) is 0 Å². The third kappa shape index (κ3) is 3.86. The smallest absolute Gasteiger partial charge is 0.284 e. The summed E-state index contributed by atoms with van der Waals surface area (Å²) < 4.78 is 8.95. The Morgan fingerprint density at radius 2 is 1.91 bits per heavy atom. The molecule has 4 nitrogen and oxygen atoms in total. The van der Waals surface area contributed by atoms with Gasteiger partial charge < -0.3 is 4.74 Å². The number of carbonyl (C=O) groups is 1. The maximum absolute atomic E-state index is 12.5. The normalized spacial score (nSPS) is 11.1. The molecule has 0 N–H and O–H groups in total. The van der Waals surface area contributed by atoms with Gasteiger partial charge in [-0.1, -0.05) is 29.8 Å². The lowest BCUT2D eigenvalue weighted by Crippen LogP contribution is -2.22. The van der Waals surface area contributed by atoms with Crippen molar-refractivity contribution < 1.29 is 9.53 Å². The van der Waals surface area contributed by atoms with Crippen LogP contribution >= 0.6 is 31.9 Å². The molecule has 6 heteroatoms. The standard InChI is InChI=1S/C17H20Br2N2O2/c1-9(2)16-11(4)20-21(12(16)5)15(22)8-23-17-10(3)6-13(18)7-14(17)19/h6-7,9H,8H2,1-5H3. The Bertz CT molecular complexity index is 728. The van der Waals surface area contributed by atoms with Gasteiger partial charge in [0.1, 0.15) is 5.75 Å².